The monoisotopic (exact) mass is 241 g/mol. The van der Waals surface area contributed by atoms with E-state index in [1.54, 1.807) is 0 Å². The highest BCUT2D eigenvalue weighted by atomic mass is 14.5. The summed E-state index contributed by atoms with van der Waals surface area (Å²) >= 11 is 0. The smallest absolute Gasteiger partial charge is 0.00773 e. The minimum atomic E-state index is 0.855. The molecule has 0 spiro atoms. The number of hydrogen-bond donors (Lipinski definition) is 1. The highest BCUT2D eigenvalue weighted by Crippen LogP contribution is 2.17. The maximum atomic E-state index is 5.21. The Kier molecular flexibility index (Phi) is 7.58. The predicted molar refractivity (Wildman–Crippen MR) is 80.5 cm³/mol. The van der Waals surface area contributed by atoms with Crippen LogP contribution in [0.3, 0.4) is 0 Å². The molecule has 2 aromatic carbocycles. The van der Waals surface area contributed by atoms with Crippen molar-refractivity contribution in [2.24, 2.45) is 5.73 Å². The van der Waals surface area contributed by atoms with Crippen molar-refractivity contribution in [2.45, 2.75) is 26.2 Å². The van der Waals surface area contributed by atoms with Gasteiger partial charge in [0.1, 0.15) is 0 Å². The summed E-state index contributed by atoms with van der Waals surface area (Å²) in [4.78, 5) is 0. The van der Waals surface area contributed by atoms with E-state index in [0.29, 0.717) is 0 Å². The molecule has 0 atom stereocenters. The molecule has 0 fully saturated rings. The standard InChI is InChI=1S/C12H10.C5H13N/c1-3-7-11(8-4-1)12-9-5-2-6-10-12;1-2-3-4-5-6/h1-10H;2-6H2,1H3. The lowest BCUT2D eigenvalue weighted by atomic mass is 10.1. The Bertz CT molecular complexity index is 353. The minimum absolute atomic E-state index is 0.855. The first-order chi connectivity index (χ1) is 8.88. The van der Waals surface area contributed by atoms with Gasteiger partial charge in [0.05, 0.1) is 0 Å². The second-order valence-corrected chi connectivity index (χ2v) is 4.23. The maximum absolute atomic E-state index is 5.21. The third-order valence-electron chi connectivity index (χ3n) is 2.69. The SMILES string of the molecule is CCCCCN.c1ccc(-c2ccccc2)cc1. The van der Waals surface area contributed by atoms with Crippen LogP contribution in [0.4, 0.5) is 0 Å². The number of rotatable bonds is 4. The van der Waals surface area contributed by atoms with Crippen LogP contribution >= 0.6 is 0 Å². The van der Waals surface area contributed by atoms with Gasteiger partial charge in [-0.15, -0.1) is 0 Å². The van der Waals surface area contributed by atoms with E-state index in [1.807, 2.05) is 12.1 Å². The normalized spacial score (nSPS) is 9.44. The molecule has 2 N–H and O–H groups in total. The van der Waals surface area contributed by atoms with E-state index in [2.05, 4.69) is 55.5 Å². The van der Waals surface area contributed by atoms with Crippen molar-refractivity contribution in [2.75, 3.05) is 6.54 Å². The Morgan fingerprint density at radius 2 is 1.17 bits per heavy atom. The fourth-order valence-corrected chi connectivity index (χ4v) is 1.66. The Labute approximate surface area is 111 Å². The topological polar surface area (TPSA) is 26.0 Å². The van der Waals surface area contributed by atoms with Crippen molar-refractivity contribution < 1.29 is 0 Å². The summed E-state index contributed by atoms with van der Waals surface area (Å²) < 4.78 is 0. The van der Waals surface area contributed by atoms with Crippen LogP contribution in [-0.4, -0.2) is 6.54 Å². The van der Waals surface area contributed by atoms with E-state index in [1.165, 1.54) is 30.4 Å². The van der Waals surface area contributed by atoms with Gasteiger partial charge in [-0.2, -0.15) is 0 Å². The van der Waals surface area contributed by atoms with E-state index in [0.717, 1.165) is 6.54 Å². The molecule has 2 rings (SSSR count). The van der Waals surface area contributed by atoms with Crippen LogP contribution in [0.15, 0.2) is 60.7 Å². The third kappa shape index (κ3) is 5.65. The summed E-state index contributed by atoms with van der Waals surface area (Å²) in [6, 6.07) is 20.8. The van der Waals surface area contributed by atoms with Gasteiger partial charge in [-0.05, 0) is 24.1 Å². The number of hydrogen-bond acceptors (Lipinski definition) is 1. The minimum Gasteiger partial charge on any atom is -0.330 e. The van der Waals surface area contributed by atoms with Crippen molar-refractivity contribution >= 4 is 0 Å². The molecule has 1 nitrogen and oxygen atoms in total. The van der Waals surface area contributed by atoms with Crippen LogP contribution in [0.5, 0.6) is 0 Å². The molecule has 0 bridgehead atoms. The van der Waals surface area contributed by atoms with Gasteiger partial charge < -0.3 is 5.73 Å². The Balaban J connectivity index is 0.000000232. The first-order valence-electron chi connectivity index (χ1n) is 6.69. The van der Waals surface area contributed by atoms with E-state index < -0.39 is 0 Å². The summed E-state index contributed by atoms with van der Waals surface area (Å²) in [7, 11) is 0. The van der Waals surface area contributed by atoms with Gasteiger partial charge in [-0.25, -0.2) is 0 Å². The zero-order valence-electron chi connectivity index (χ0n) is 11.2. The second-order valence-electron chi connectivity index (χ2n) is 4.23. The molecule has 2 aromatic rings. The lowest BCUT2D eigenvalue weighted by Crippen LogP contribution is -1.96. The Hall–Kier alpha value is -1.60. The second kappa shape index (κ2) is 9.43. The van der Waals surface area contributed by atoms with Crippen molar-refractivity contribution in [3.05, 3.63) is 60.7 Å². The van der Waals surface area contributed by atoms with Crippen LogP contribution in [0.1, 0.15) is 26.2 Å². The fourth-order valence-electron chi connectivity index (χ4n) is 1.66. The van der Waals surface area contributed by atoms with E-state index in [4.69, 9.17) is 5.73 Å². The van der Waals surface area contributed by atoms with Crippen molar-refractivity contribution in [3.8, 4) is 11.1 Å². The average Bonchev–Trinajstić information content (AvgIpc) is 2.48. The van der Waals surface area contributed by atoms with Crippen LogP contribution in [0.2, 0.25) is 0 Å². The summed E-state index contributed by atoms with van der Waals surface area (Å²) in [6.07, 6.45) is 3.75. The highest BCUT2D eigenvalue weighted by molar-refractivity contribution is 5.62. The highest BCUT2D eigenvalue weighted by Gasteiger charge is 1.91. The average molecular weight is 241 g/mol. The van der Waals surface area contributed by atoms with Crippen LogP contribution < -0.4 is 5.73 Å². The third-order valence-corrected chi connectivity index (χ3v) is 2.69. The van der Waals surface area contributed by atoms with Gasteiger partial charge in [-0.3, -0.25) is 0 Å². The first-order valence-corrected chi connectivity index (χ1v) is 6.69. The molecule has 0 heterocycles. The maximum Gasteiger partial charge on any atom is -0.00773 e. The van der Waals surface area contributed by atoms with Crippen molar-refractivity contribution in [1.29, 1.82) is 0 Å². The van der Waals surface area contributed by atoms with Crippen molar-refractivity contribution in [1.82, 2.24) is 0 Å². The largest absolute Gasteiger partial charge is 0.330 e. The van der Waals surface area contributed by atoms with Crippen LogP contribution in [0, 0.1) is 0 Å². The van der Waals surface area contributed by atoms with Gasteiger partial charge >= 0.3 is 0 Å². The van der Waals surface area contributed by atoms with Crippen LogP contribution in [0.25, 0.3) is 11.1 Å². The summed E-state index contributed by atoms with van der Waals surface area (Å²) in [5.74, 6) is 0. The summed E-state index contributed by atoms with van der Waals surface area (Å²) in [5.41, 5.74) is 7.77. The molecule has 1 heteroatoms. The van der Waals surface area contributed by atoms with E-state index in [9.17, 15) is 0 Å². The molecule has 0 aliphatic rings. The van der Waals surface area contributed by atoms with Gasteiger partial charge in [0.2, 0.25) is 0 Å². The lowest BCUT2D eigenvalue weighted by molar-refractivity contribution is 0.727. The first kappa shape index (κ1) is 14.5. The predicted octanol–water partition coefficient (Wildman–Crippen LogP) is 4.49. The molecule has 0 saturated carbocycles. The molecule has 0 aliphatic heterocycles. The molecule has 0 radical (unpaired) electrons. The zero-order valence-corrected chi connectivity index (χ0v) is 11.2. The zero-order chi connectivity index (χ0) is 13.1. The van der Waals surface area contributed by atoms with Crippen LogP contribution in [-0.2, 0) is 0 Å². The molecule has 96 valence electrons. The molecular weight excluding hydrogens is 218 g/mol. The summed E-state index contributed by atoms with van der Waals surface area (Å²) in [5, 5.41) is 0. The molecule has 0 aromatic heterocycles. The van der Waals surface area contributed by atoms with Gasteiger partial charge in [0.25, 0.3) is 0 Å². The summed E-state index contributed by atoms with van der Waals surface area (Å²) in [6.45, 7) is 3.03. The molecule has 0 aliphatic carbocycles. The Morgan fingerprint density at radius 1 is 0.722 bits per heavy atom. The lowest BCUT2D eigenvalue weighted by Gasteiger charge is -1.98. The van der Waals surface area contributed by atoms with E-state index in [-0.39, 0.29) is 0 Å². The van der Waals surface area contributed by atoms with Gasteiger partial charge in [0.15, 0.2) is 0 Å². The van der Waals surface area contributed by atoms with Crippen molar-refractivity contribution in [3.63, 3.8) is 0 Å². The van der Waals surface area contributed by atoms with Gasteiger partial charge in [-0.1, -0.05) is 80.4 Å². The molecule has 0 amide bonds. The van der Waals surface area contributed by atoms with E-state index >= 15 is 0 Å². The Morgan fingerprint density at radius 3 is 1.44 bits per heavy atom. The van der Waals surface area contributed by atoms with Gasteiger partial charge in [0, 0.05) is 0 Å². The molecular formula is C17H23N. The molecule has 0 unspecified atom stereocenters. The number of nitrogens with two attached hydrogens (primary N) is 1. The number of unbranched alkanes of at least 4 members (excludes halogenated alkanes) is 2. The quantitative estimate of drug-likeness (QED) is 0.784. The number of benzene rings is 2. The fraction of sp³-hybridized carbons (Fsp3) is 0.294. The molecule has 0 saturated heterocycles. The molecule has 18 heavy (non-hydrogen) atoms.